The lowest BCUT2D eigenvalue weighted by atomic mass is 9.69. The van der Waals surface area contributed by atoms with Crippen molar-refractivity contribution in [3.63, 3.8) is 0 Å². The third-order valence-corrected chi connectivity index (χ3v) is 8.68. The van der Waals surface area contributed by atoms with Crippen LogP contribution in [-0.4, -0.2) is 44.5 Å². The van der Waals surface area contributed by atoms with Crippen LogP contribution in [0.15, 0.2) is 134 Å². The van der Waals surface area contributed by atoms with E-state index in [1.54, 1.807) is 6.08 Å². The number of nitrogens with zero attached hydrogens (tertiary/aromatic N) is 3. The molecule has 220 valence electrons. The molecule has 1 saturated heterocycles. The van der Waals surface area contributed by atoms with Gasteiger partial charge >= 0.3 is 6.09 Å². The molecular weight excluding hydrogens is 546 g/mol. The number of piperidine rings is 1. The van der Waals surface area contributed by atoms with Crippen molar-refractivity contribution in [1.29, 1.82) is 0 Å². The fourth-order valence-electron chi connectivity index (χ4n) is 6.34. The molecule has 6 rings (SSSR count). The second kappa shape index (κ2) is 13.0. The maximum absolute atomic E-state index is 13.0. The van der Waals surface area contributed by atoms with Gasteiger partial charge in [-0.05, 0) is 41.2 Å². The Balaban J connectivity index is 1.31. The number of benzene rings is 4. The molecule has 0 radical (unpaired) electrons. The Bertz CT molecular complexity index is 1640. The van der Waals surface area contributed by atoms with Crippen LogP contribution in [0.5, 0.6) is 0 Å². The zero-order chi connectivity index (χ0) is 30.4. The van der Waals surface area contributed by atoms with E-state index in [1.807, 2.05) is 54.9 Å². The second-order valence-corrected chi connectivity index (χ2v) is 11.3. The molecule has 0 spiro atoms. The van der Waals surface area contributed by atoms with Crippen LogP contribution >= 0.6 is 0 Å². The summed E-state index contributed by atoms with van der Waals surface area (Å²) in [4.78, 5) is 30.4. The van der Waals surface area contributed by atoms with E-state index in [9.17, 15) is 14.7 Å². The Labute approximate surface area is 257 Å². The van der Waals surface area contributed by atoms with E-state index in [4.69, 9.17) is 4.98 Å². The zero-order valence-electron chi connectivity index (χ0n) is 24.5. The monoisotopic (exact) mass is 581 g/mol. The summed E-state index contributed by atoms with van der Waals surface area (Å²) in [6.07, 6.45) is 7.65. The van der Waals surface area contributed by atoms with Gasteiger partial charge in [0.15, 0.2) is 5.78 Å². The first-order valence-electron chi connectivity index (χ1n) is 15.0. The minimum atomic E-state index is -0.923. The lowest BCUT2D eigenvalue weighted by Gasteiger charge is -2.36. The Morgan fingerprint density at radius 1 is 0.773 bits per heavy atom. The van der Waals surface area contributed by atoms with Crippen molar-refractivity contribution < 1.29 is 14.7 Å². The van der Waals surface area contributed by atoms with Gasteiger partial charge in [-0.1, -0.05) is 121 Å². The number of carboxylic acid groups (broad SMARTS) is 1. The molecule has 0 bridgehead atoms. The SMILES string of the molecule is O=C(/C=C/c1ccccc1-c1cn(CC(c2ccccc2)(c2ccccc2)c2ccccc2)cn1)C1CCN(C(=O)O)CC1. The van der Waals surface area contributed by atoms with Crippen molar-refractivity contribution in [1.82, 2.24) is 14.5 Å². The predicted octanol–water partition coefficient (Wildman–Crippen LogP) is 7.56. The number of carbonyl (C=O) groups excluding carboxylic acids is 1. The fraction of sp³-hybridized carbons (Fsp3) is 0.184. The Hall–Kier alpha value is -5.23. The van der Waals surface area contributed by atoms with E-state index in [0.29, 0.717) is 32.5 Å². The molecule has 2 heterocycles. The van der Waals surface area contributed by atoms with Gasteiger partial charge in [-0.25, -0.2) is 9.78 Å². The molecule has 1 N–H and O–H groups in total. The average molecular weight is 582 g/mol. The van der Waals surface area contributed by atoms with Crippen LogP contribution < -0.4 is 0 Å². The minimum Gasteiger partial charge on any atom is -0.465 e. The van der Waals surface area contributed by atoms with Crippen LogP contribution in [0.2, 0.25) is 0 Å². The summed E-state index contributed by atoms with van der Waals surface area (Å²) in [6, 6.07) is 39.8. The van der Waals surface area contributed by atoms with E-state index < -0.39 is 11.5 Å². The first-order valence-corrected chi connectivity index (χ1v) is 15.0. The number of allylic oxidation sites excluding steroid dienone is 1. The van der Waals surface area contributed by atoms with Crippen LogP contribution in [0, 0.1) is 5.92 Å². The molecule has 5 aromatic rings. The van der Waals surface area contributed by atoms with E-state index in [-0.39, 0.29) is 11.7 Å². The average Bonchev–Trinajstić information content (AvgIpc) is 3.55. The van der Waals surface area contributed by atoms with E-state index in [2.05, 4.69) is 83.6 Å². The summed E-state index contributed by atoms with van der Waals surface area (Å²) in [5.41, 5.74) is 5.82. The van der Waals surface area contributed by atoms with Crippen LogP contribution in [0.4, 0.5) is 4.79 Å². The standard InChI is InChI=1S/C38H35N3O3/c42-36(30-22-24-41(25-23-30)37(43)44)21-20-29-12-10-11-19-34(29)35-26-40(28-39-35)27-38(31-13-4-1-5-14-31,32-15-6-2-7-16-32)33-17-8-3-9-18-33/h1-21,26,28,30H,22-25,27H2,(H,43,44)/b21-20+. The van der Waals surface area contributed by atoms with Gasteiger partial charge in [0.1, 0.15) is 0 Å². The van der Waals surface area contributed by atoms with E-state index in [0.717, 1.165) is 16.8 Å². The van der Waals surface area contributed by atoms with Crippen molar-refractivity contribution in [3.05, 3.63) is 156 Å². The molecule has 1 aromatic heterocycles. The lowest BCUT2D eigenvalue weighted by Crippen LogP contribution is -2.39. The first-order chi connectivity index (χ1) is 21.5. The highest BCUT2D eigenvalue weighted by molar-refractivity contribution is 5.96. The Morgan fingerprint density at radius 2 is 1.30 bits per heavy atom. The Morgan fingerprint density at radius 3 is 1.84 bits per heavy atom. The second-order valence-electron chi connectivity index (χ2n) is 11.3. The molecule has 6 nitrogen and oxygen atoms in total. The van der Waals surface area contributed by atoms with Crippen molar-refractivity contribution in [2.45, 2.75) is 24.8 Å². The molecular formula is C38H35N3O3. The smallest absolute Gasteiger partial charge is 0.407 e. The third-order valence-electron chi connectivity index (χ3n) is 8.68. The molecule has 4 aromatic carbocycles. The summed E-state index contributed by atoms with van der Waals surface area (Å²) in [6.45, 7) is 1.43. The molecule has 1 aliphatic rings. The van der Waals surface area contributed by atoms with Crippen molar-refractivity contribution in [3.8, 4) is 11.3 Å². The molecule has 0 saturated carbocycles. The van der Waals surface area contributed by atoms with Crippen LogP contribution in [0.1, 0.15) is 35.1 Å². The molecule has 0 unspecified atom stereocenters. The van der Waals surface area contributed by atoms with Crippen molar-refractivity contribution >= 4 is 18.0 Å². The van der Waals surface area contributed by atoms with E-state index >= 15 is 0 Å². The van der Waals surface area contributed by atoms with Crippen LogP contribution in [0.25, 0.3) is 17.3 Å². The van der Waals surface area contributed by atoms with Crippen molar-refractivity contribution in [2.75, 3.05) is 13.1 Å². The summed E-state index contributed by atoms with van der Waals surface area (Å²) in [7, 11) is 0. The Kier molecular flexibility index (Phi) is 8.50. The number of carbonyl (C=O) groups is 2. The van der Waals surface area contributed by atoms with Crippen molar-refractivity contribution in [2.24, 2.45) is 5.92 Å². The van der Waals surface area contributed by atoms with Gasteiger partial charge in [-0.15, -0.1) is 0 Å². The number of ketones is 1. The largest absolute Gasteiger partial charge is 0.465 e. The summed E-state index contributed by atoms with van der Waals surface area (Å²) < 4.78 is 2.16. The first kappa shape index (κ1) is 28.9. The number of aromatic nitrogens is 2. The quantitative estimate of drug-likeness (QED) is 0.144. The molecule has 1 fully saturated rings. The number of hydrogen-bond donors (Lipinski definition) is 1. The molecule has 0 atom stereocenters. The fourth-order valence-corrected chi connectivity index (χ4v) is 6.34. The summed E-state index contributed by atoms with van der Waals surface area (Å²) in [5, 5.41) is 9.21. The van der Waals surface area contributed by atoms with Gasteiger partial charge in [-0.3, -0.25) is 4.79 Å². The maximum atomic E-state index is 13.0. The number of hydrogen-bond acceptors (Lipinski definition) is 3. The number of imidazole rings is 1. The third kappa shape index (κ3) is 5.97. The minimum absolute atomic E-state index is 0.0359. The number of likely N-dealkylation sites (tertiary alicyclic amines) is 1. The van der Waals surface area contributed by atoms with Crippen LogP contribution in [0.3, 0.4) is 0 Å². The summed E-state index contributed by atoms with van der Waals surface area (Å²) in [5.74, 6) is -0.121. The van der Waals surface area contributed by atoms with E-state index in [1.165, 1.54) is 21.6 Å². The zero-order valence-corrected chi connectivity index (χ0v) is 24.5. The highest BCUT2D eigenvalue weighted by atomic mass is 16.4. The highest BCUT2D eigenvalue weighted by Gasteiger charge is 2.37. The topological polar surface area (TPSA) is 75.4 Å². The van der Waals surface area contributed by atoms with Gasteiger partial charge in [0.25, 0.3) is 0 Å². The van der Waals surface area contributed by atoms with Gasteiger partial charge in [-0.2, -0.15) is 0 Å². The van der Waals surface area contributed by atoms with Gasteiger partial charge < -0.3 is 14.6 Å². The normalized spacial score (nSPS) is 14.1. The summed E-state index contributed by atoms with van der Waals surface area (Å²) >= 11 is 0. The molecule has 1 aliphatic heterocycles. The molecule has 6 heteroatoms. The van der Waals surface area contributed by atoms with Gasteiger partial charge in [0.2, 0.25) is 0 Å². The predicted molar refractivity (Wildman–Crippen MR) is 173 cm³/mol. The number of amides is 1. The van der Waals surface area contributed by atoms with Gasteiger partial charge in [0.05, 0.1) is 17.4 Å². The highest BCUT2D eigenvalue weighted by Crippen LogP contribution is 2.41. The molecule has 0 aliphatic carbocycles. The lowest BCUT2D eigenvalue weighted by molar-refractivity contribution is -0.119. The number of rotatable bonds is 9. The molecule has 1 amide bonds. The van der Waals surface area contributed by atoms with Gasteiger partial charge in [0, 0.05) is 37.3 Å². The molecule has 44 heavy (non-hydrogen) atoms. The van der Waals surface area contributed by atoms with Crippen LogP contribution in [-0.2, 0) is 16.8 Å². The maximum Gasteiger partial charge on any atom is 0.407 e.